The second-order valence-corrected chi connectivity index (χ2v) is 4.68. The topological polar surface area (TPSA) is 72.6 Å². The number of hydrogen-bond donors (Lipinski definition) is 1. The van der Waals surface area contributed by atoms with E-state index < -0.39 is 4.92 Å². The van der Waals surface area contributed by atoms with E-state index >= 15 is 0 Å². The lowest BCUT2D eigenvalue weighted by Crippen LogP contribution is -1.96. The first kappa shape index (κ1) is 14.3. The summed E-state index contributed by atoms with van der Waals surface area (Å²) >= 11 is 5.83. The zero-order valence-corrected chi connectivity index (χ0v) is 11.4. The minimum Gasteiger partial charge on any atom is -0.450 e. The molecule has 5 nitrogen and oxygen atoms in total. The molecule has 2 rings (SSSR count). The Labute approximate surface area is 120 Å². The molecule has 0 aliphatic rings. The first-order valence-electron chi connectivity index (χ1n) is 5.83. The Morgan fingerprint density at radius 1 is 1.25 bits per heavy atom. The van der Waals surface area contributed by atoms with Gasteiger partial charge in [-0.2, -0.15) is 0 Å². The van der Waals surface area contributed by atoms with Crippen molar-refractivity contribution in [1.82, 2.24) is 0 Å². The molecule has 20 heavy (non-hydrogen) atoms. The third-order valence-corrected chi connectivity index (χ3v) is 2.96. The van der Waals surface area contributed by atoms with Crippen LogP contribution in [0.2, 0.25) is 5.02 Å². The van der Waals surface area contributed by atoms with Gasteiger partial charge in [0, 0.05) is 16.7 Å². The van der Waals surface area contributed by atoms with Gasteiger partial charge in [-0.05, 0) is 36.8 Å². The van der Waals surface area contributed by atoms with E-state index in [1.807, 2.05) is 0 Å². The highest BCUT2D eigenvalue weighted by molar-refractivity contribution is 6.30. The molecule has 0 radical (unpaired) electrons. The van der Waals surface area contributed by atoms with Gasteiger partial charge in [-0.25, -0.2) is 0 Å². The predicted octanol–water partition coefficient (Wildman–Crippen LogP) is 3.84. The number of benzene rings is 2. The van der Waals surface area contributed by atoms with Crippen molar-refractivity contribution in [3.63, 3.8) is 0 Å². The number of nitrogens with zero attached hydrogens (tertiary/aromatic N) is 1. The summed E-state index contributed by atoms with van der Waals surface area (Å²) < 4.78 is 5.54. The molecule has 6 heteroatoms. The summed E-state index contributed by atoms with van der Waals surface area (Å²) in [5.74, 6) is 0.460. The molecule has 2 aromatic rings. The number of aliphatic hydroxyl groups excluding tert-OH is 1. The van der Waals surface area contributed by atoms with Crippen molar-refractivity contribution >= 4 is 17.3 Å². The van der Waals surface area contributed by atoms with Crippen LogP contribution in [-0.2, 0) is 6.61 Å². The number of aliphatic hydroxyl groups is 1. The van der Waals surface area contributed by atoms with Crippen LogP contribution >= 0.6 is 11.6 Å². The average molecular weight is 294 g/mol. The second-order valence-electron chi connectivity index (χ2n) is 4.24. The Balaban J connectivity index is 2.42. The maximum atomic E-state index is 11.0. The first-order valence-corrected chi connectivity index (χ1v) is 6.21. The highest BCUT2D eigenvalue weighted by atomic mass is 35.5. The minimum absolute atomic E-state index is 0.121. The van der Waals surface area contributed by atoms with Crippen LogP contribution in [-0.4, -0.2) is 10.0 Å². The van der Waals surface area contributed by atoms with Crippen LogP contribution in [0.1, 0.15) is 11.1 Å². The Morgan fingerprint density at radius 3 is 2.60 bits per heavy atom. The molecular weight excluding hydrogens is 282 g/mol. The summed E-state index contributed by atoms with van der Waals surface area (Å²) in [6.07, 6.45) is 0. The van der Waals surface area contributed by atoms with E-state index in [0.717, 1.165) is 5.56 Å². The Kier molecular flexibility index (Phi) is 4.22. The van der Waals surface area contributed by atoms with E-state index in [0.29, 0.717) is 16.3 Å². The minimum atomic E-state index is -0.503. The molecule has 0 amide bonds. The highest BCUT2D eigenvalue weighted by Crippen LogP contribution is 2.34. The van der Waals surface area contributed by atoms with Crippen molar-refractivity contribution in [2.24, 2.45) is 0 Å². The van der Waals surface area contributed by atoms with E-state index in [4.69, 9.17) is 16.3 Å². The lowest BCUT2D eigenvalue weighted by Gasteiger charge is -2.10. The molecule has 0 aromatic heterocycles. The Bertz CT molecular complexity index is 658. The highest BCUT2D eigenvalue weighted by Gasteiger charge is 2.17. The molecule has 0 atom stereocenters. The average Bonchev–Trinajstić information content (AvgIpc) is 2.42. The zero-order chi connectivity index (χ0) is 14.7. The SMILES string of the molecule is Cc1ccc(Oc2ccc(Cl)cc2CO)c([N+](=O)[O-])c1. The molecule has 1 N–H and O–H groups in total. The standard InChI is InChI=1S/C14H12ClNO4/c1-9-2-4-14(12(6-9)16(18)19)20-13-5-3-11(15)7-10(13)8-17/h2-7,17H,8H2,1H3. The van der Waals surface area contributed by atoms with Gasteiger partial charge in [0.1, 0.15) is 5.75 Å². The molecule has 0 bridgehead atoms. The molecule has 0 saturated carbocycles. The quantitative estimate of drug-likeness (QED) is 0.686. The number of ether oxygens (including phenoxy) is 1. The largest absolute Gasteiger partial charge is 0.450 e. The molecule has 104 valence electrons. The van der Waals surface area contributed by atoms with Gasteiger partial charge in [0.05, 0.1) is 11.5 Å². The smallest absolute Gasteiger partial charge is 0.311 e. The van der Waals surface area contributed by atoms with Crippen LogP contribution < -0.4 is 4.74 Å². The fourth-order valence-electron chi connectivity index (χ4n) is 1.75. The summed E-state index contributed by atoms with van der Waals surface area (Å²) in [4.78, 5) is 10.5. The number of aryl methyl sites for hydroxylation is 1. The first-order chi connectivity index (χ1) is 9.51. The normalized spacial score (nSPS) is 10.3. The van der Waals surface area contributed by atoms with Crippen LogP contribution in [0.25, 0.3) is 0 Å². The summed E-state index contributed by atoms with van der Waals surface area (Å²) in [6, 6.07) is 9.40. The zero-order valence-electron chi connectivity index (χ0n) is 10.7. The molecule has 0 fully saturated rings. The third kappa shape index (κ3) is 3.07. The van der Waals surface area contributed by atoms with E-state index in [9.17, 15) is 15.2 Å². The maximum absolute atomic E-state index is 11.0. The summed E-state index contributed by atoms with van der Waals surface area (Å²) in [5.41, 5.74) is 1.11. The molecule has 0 spiro atoms. The number of nitro benzene ring substituents is 1. The molecule has 0 unspecified atom stereocenters. The predicted molar refractivity (Wildman–Crippen MR) is 75.3 cm³/mol. The third-order valence-electron chi connectivity index (χ3n) is 2.72. The van der Waals surface area contributed by atoms with Crippen LogP contribution in [0.5, 0.6) is 11.5 Å². The lowest BCUT2D eigenvalue weighted by molar-refractivity contribution is -0.385. The molecule has 0 aliphatic heterocycles. The Hall–Kier alpha value is -2.11. The molecule has 2 aromatic carbocycles. The van der Waals surface area contributed by atoms with Crippen LogP contribution in [0.3, 0.4) is 0 Å². The fourth-order valence-corrected chi connectivity index (χ4v) is 1.94. The van der Waals surface area contributed by atoms with E-state index in [1.54, 1.807) is 31.2 Å². The molecule has 0 heterocycles. The van der Waals surface area contributed by atoms with Gasteiger partial charge in [-0.3, -0.25) is 10.1 Å². The van der Waals surface area contributed by atoms with Crippen molar-refractivity contribution in [3.8, 4) is 11.5 Å². The van der Waals surface area contributed by atoms with Gasteiger partial charge in [0.2, 0.25) is 5.75 Å². The maximum Gasteiger partial charge on any atom is 0.311 e. The van der Waals surface area contributed by atoms with Gasteiger partial charge in [-0.15, -0.1) is 0 Å². The van der Waals surface area contributed by atoms with Crippen molar-refractivity contribution in [1.29, 1.82) is 0 Å². The van der Waals surface area contributed by atoms with Crippen molar-refractivity contribution in [3.05, 3.63) is 62.7 Å². The van der Waals surface area contributed by atoms with Gasteiger partial charge in [0.25, 0.3) is 0 Å². The number of rotatable bonds is 4. The number of nitro groups is 1. The summed E-state index contributed by atoms with van der Waals surface area (Å²) in [7, 11) is 0. The van der Waals surface area contributed by atoms with Gasteiger partial charge < -0.3 is 9.84 Å². The van der Waals surface area contributed by atoms with Crippen LogP contribution in [0.15, 0.2) is 36.4 Å². The van der Waals surface area contributed by atoms with Crippen LogP contribution in [0.4, 0.5) is 5.69 Å². The summed E-state index contributed by atoms with van der Waals surface area (Å²) in [6.45, 7) is 1.49. The van der Waals surface area contributed by atoms with Crippen molar-refractivity contribution in [2.75, 3.05) is 0 Å². The van der Waals surface area contributed by atoms with E-state index in [-0.39, 0.29) is 18.0 Å². The summed E-state index contributed by atoms with van der Waals surface area (Å²) in [5, 5.41) is 20.8. The number of hydrogen-bond acceptors (Lipinski definition) is 4. The van der Waals surface area contributed by atoms with E-state index in [1.165, 1.54) is 12.1 Å². The molecule has 0 aliphatic carbocycles. The lowest BCUT2D eigenvalue weighted by atomic mass is 10.2. The Morgan fingerprint density at radius 2 is 1.95 bits per heavy atom. The van der Waals surface area contributed by atoms with Gasteiger partial charge in [-0.1, -0.05) is 17.7 Å². The molecular formula is C14H12ClNO4. The van der Waals surface area contributed by atoms with Gasteiger partial charge >= 0.3 is 5.69 Å². The second kappa shape index (κ2) is 5.90. The molecule has 0 saturated heterocycles. The van der Waals surface area contributed by atoms with Gasteiger partial charge in [0.15, 0.2) is 0 Å². The van der Waals surface area contributed by atoms with E-state index in [2.05, 4.69) is 0 Å². The monoisotopic (exact) mass is 293 g/mol. The fraction of sp³-hybridized carbons (Fsp3) is 0.143. The van der Waals surface area contributed by atoms with Crippen LogP contribution in [0, 0.1) is 17.0 Å². The van der Waals surface area contributed by atoms with Crippen molar-refractivity contribution in [2.45, 2.75) is 13.5 Å². The number of halogens is 1. The van der Waals surface area contributed by atoms with Crippen molar-refractivity contribution < 1.29 is 14.8 Å².